The van der Waals surface area contributed by atoms with E-state index in [2.05, 4.69) is 86.8 Å². The van der Waals surface area contributed by atoms with E-state index in [1.165, 1.54) is 141 Å². The summed E-state index contributed by atoms with van der Waals surface area (Å²) in [5.41, 5.74) is 0. The summed E-state index contributed by atoms with van der Waals surface area (Å²) in [4.78, 5) is 26.2. The highest BCUT2D eigenvalue weighted by Gasteiger charge is 2.24. The molecule has 0 aliphatic heterocycles. The molecular weight excluding hydrogens is 791 g/mol. The van der Waals surface area contributed by atoms with Crippen molar-refractivity contribution in [1.82, 2.24) is 5.32 Å². The lowest BCUT2D eigenvalue weighted by Crippen LogP contribution is -2.46. The number of amides is 1. The predicted molar refractivity (Wildman–Crippen MR) is 278 cm³/mol. The number of hydrogen-bond acceptors (Lipinski definition) is 5. The third-order valence-corrected chi connectivity index (χ3v) is 12.4. The molecule has 3 N–H and O–H groups in total. The summed E-state index contributed by atoms with van der Waals surface area (Å²) >= 11 is 0. The number of esters is 1. The van der Waals surface area contributed by atoms with Crippen LogP contribution in [0.5, 0.6) is 0 Å². The van der Waals surface area contributed by atoms with Gasteiger partial charge in [-0.25, -0.2) is 0 Å². The minimum atomic E-state index is -0.797. The van der Waals surface area contributed by atoms with E-state index in [0.717, 1.165) is 77.0 Å². The first-order chi connectivity index (χ1) is 31.5. The van der Waals surface area contributed by atoms with Gasteiger partial charge in [0, 0.05) is 6.42 Å². The molecule has 372 valence electrons. The fourth-order valence-electron chi connectivity index (χ4n) is 8.23. The first kappa shape index (κ1) is 61.6. The fraction of sp³-hybridized carbons (Fsp3) is 0.793. The molecule has 0 bridgehead atoms. The molecule has 0 fully saturated rings. The molecule has 3 unspecified atom stereocenters. The second-order valence-corrected chi connectivity index (χ2v) is 18.6. The zero-order valence-electron chi connectivity index (χ0n) is 42.4. The Bertz CT molecular complexity index is 1140. The third-order valence-electron chi connectivity index (χ3n) is 12.4. The Labute approximate surface area is 397 Å². The van der Waals surface area contributed by atoms with Gasteiger partial charge in [-0.05, 0) is 64.2 Å². The lowest BCUT2D eigenvalue weighted by Gasteiger charge is -2.24. The van der Waals surface area contributed by atoms with Gasteiger partial charge in [0.05, 0.1) is 25.2 Å². The van der Waals surface area contributed by atoms with Gasteiger partial charge in [-0.1, -0.05) is 255 Å². The van der Waals surface area contributed by atoms with Gasteiger partial charge in [0.2, 0.25) is 5.91 Å². The van der Waals surface area contributed by atoms with Gasteiger partial charge in [0.1, 0.15) is 6.10 Å². The Balaban J connectivity index is 4.59. The van der Waals surface area contributed by atoms with Crippen molar-refractivity contribution in [2.45, 2.75) is 289 Å². The SMILES string of the molecule is CC/C=C\C/C=C\C/C=C\C/C=C\C/C=C\CCCC(=O)OC(CCCCCCCCCCCCCC)CC(=O)NC(CO)C(O)CCCCCCCCCCCCCCCCCC. The van der Waals surface area contributed by atoms with Gasteiger partial charge in [0.25, 0.3) is 0 Å². The van der Waals surface area contributed by atoms with Crippen LogP contribution in [0.1, 0.15) is 271 Å². The minimum absolute atomic E-state index is 0.0564. The van der Waals surface area contributed by atoms with Crippen molar-refractivity contribution in [2.75, 3.05) is 6.61 Å². The molecule has 0 aromatic heterocycles. The number of carbonyl (C=O) groups is 2. The molecule has 3 atom stereocenters. The van der Waals surface area contributed by atoms with Crippen LogP contribution in [0.4, 0.5) is 0 Å². The molecule has 0 saturated carbocycles. The van der Waals surface area contributed by atoms with Gasteiger partial charge in [0.15, 0.2) is 0 Å². The normalized spacial score (nSPS) is 13.6. The van der Waals surface area contributed by atoms with Crippen molar-refractivity contribution in [3.63, 3.8) is 0 Å². The number of allylic oxidation sites excluding steroid dienone is 10. The van der Waals surface area contributed by atoms with Gasteiger partial charge < -0.3 is 20.3 Å². The Morgan fingerprint density at radius 1 is 0.469 bits per heavy atom. The molecule has 0 aliphatic rings. The smallest absolute Gasteiger partial charge is 0.306 e. The highest BCUT2D eigenvalue weighted by molar-refractivity contribution is 5.77. The van der Waals surface area contributed by atoms with Crippen LogP contribution in [-0.4, -0.2) is 46.9 Å². The number of carbonyl (C=O) groups excluding carboxylic acids is 2. The zero-order chi connectivity index (χ0) is 46.7. The minimum Gasteiger partial charge on any atom is -0.462 e. The quantitative estimate of drug-likeness (QED) is 0.0321. The maximum absolute atomic E-state index is 13.2. The molecule has 0 aromatic rings. The van der Waals surface area contributed by atoms with Crippen LogP contribution in [0.3, 0.4) is 0 Å². The highest BCUT2D eigenvalue weighted by Crippen LogP contribution is 2.18. The molecule has 0 rings (SSSR count). The van der Waals surface area contributed by atoms with E-state index < -0.39 is 18.2 Å². The van der Waals surface area contributed by atoms with Gasteiger partial charge in [-0.3, -0.25) is 9.59 Å². The van der Waals surface area contributed by atoms with Crippen molar-refractivity contribution in [3.05, 3.63) is 60.8 Å². The molecule has 1 amide bonds. The zero-order valence-corrected chi connectivity index (χ0v) is 42.4. The fourth-order valence-corrected chi connectivity index (χ4v) is 8.23. The first-order valence-corrected chi connectivity index (χ1v) is 27.5. The lowest BCUT2D eigenvalue weighted by atomic mass is 10.0. The molecule has 0 heterocycles. The van der Waals surface area contributed by atoms with Crippen molar-refractivity contribution in [3.8, 4) is 0 Å². The summed E-state index contributed by atoms with van der Waals surface area (Å²) in [6.45, 7) is 6.38. The van der Waals surface area contributed by atoms with Crippen molar-refractivity contribution in [2.24, 2.45) is 0 Å². The number of unbranched alkanes of at least 4 members (excludes halogenated alkanes) is 27. The molecule has 0 radical (unpaired) electrons. The number of rotatable bonds is 49. The molecule has 0 aromatic carbocycles. The molecule has 0 spiro atoms. The Morgan fingerprint density at radius 2 is 0.828 bits per heavy atom. The number of nitrogens with one attached hydrogen (secondary N) is 1. The maximum atomic E-state index is 13.2. The predicted octanol–water partition coefficient (Wildman–Crippen LogP) is 16.8. The van der Waals surface area contributed by atoms with E-state index in [1.807, 2.05) is 0 Å². The van der Waals surface area contributed by atoms with Gasteiger partial charge in [-0.15, -0.1) is 0 Å². The van der Waals surface area contributed by atoms with Crippen LogP contribution >= 0.6 is 0 Å². The Hall–Kier alpha value is -2.44. The van der Waals surface area contributed by atoms with Crippen LogP contribution in [-0.2, 0) is 14.3 Å². The second-order valence-electron chi connectivity index (χ2n) is 18.6. The van der Waals surface area contributed by atoms with Gasteiger partial charge >= 0.3 is 5.97 Å². The number of aliphatic hydroxyl groups excluding tert-OH is 2. The number of aliphatic hydroxyl groups is 2. The Morgan fingerprint density at radius 3 is 1.22 bits per heavy atom. The number of hydrogen-bond donors (Lipinski definition) is 3. The number of ether oxygens (including phenoxy) is 1. The molecule has 6 heteroatoms. The van der Waals surface area contributed by atoms with Crippen molar-refractivity contribution >= 4 is 11.9 Å². The van der Waals surface area contributed by atoms with Gasteiger partial charge in [-0.2, -0.15) is 0 Å². The topological polar surface area (TPSA) is 95.9 Å². The summed E-state index contributed by atoms with van der Waals surface area (Å²) in [6, 6.07) is -0.713. The largest absolute Gasteiger partial charge is 0.462 e. The molecule has 0 aliphatic carbocycles. The standard InChI is InChI=1S/C58H105NO5/c1-4-7-10-13-16-19-22-25-27-29-31-33-36-39-42-45-48-51-58(63)64-54(49-46-43-40-37-34-24-21-18-15-12-9-6-3)52-57(62)59-55(53-60)56(61)50-47-44-41-38-35-32-30-28-26-23-20-17-14-11-8-5-2/h7,10,16,19,25,27,31,33,39,42,54-56,60-61H,4-6,8-9,11-15,17-18,20-24,26,28-30,32,34-38,40-41,43-53H2,1-3H3,(H,59,62)/b10-7-,19-16-,27-25-,33-31-,42-39-. The van der Waals surface area contributed by atoms with Crippen LogP contribution in [0.25, 0.3) is 0 Å². The lowest BCUT2D eigenvalue weighted by molar-refractivity contribution is -0.151. The van der Waals surface area contributed by atoms with Crippen LogP contribution in [0.2, 0.25) is 0 Å². The summed E-state index contributed by atoms with van der Waals surface area (Å²) < 4.78 is 5.92. The Kier molecular flexibility index (Phi) is 49.6. The van der Waals surface area contributed by atoms with E-state index in [0.29, 0.717) is 25.7 Å². The maximum Gasteiger partial charge on any atom is 0.306 e. The summed E-state index contributed by atoms with van der Waals surface area (Å²) in [5, 5.41) is 23.8. The van der Waals surface area contributed by atoms with Crippen molar-refractivity contribution in [1.29, 1.82) is 0 Å². The van der Waals surface area contributed by atoms with E-state index in [1.54, 1.807) is 0 Å². The monoisotopic (exact) mass is 896 g/mol. The molecule has 64 heavy (non-hydrogen) atoms. The van der Waals surface area contributed by atoms with E-state index in [-0.39, 0.29) is 24.9 Å². The summed E-state index contributed by atoms with van der Waals surface area (Å²) in [5.74, 6) is -0.535. The average Bonchev–Trinajstić information content (AvgIpc) is 3.29. The summed E-state index contributed by atoms with van der Waals surface area (Å²) in [7, 11) is 0. The molecule has 0 saturated heterocycles. The van der Waals surface area contributed by atoms with E-state index in [9.17, 15) is 19.8 Å². The third kappa shape index (κ3) is 46.1. The van der Waals surface area contributed by atoms with Crippen molar-refractivity contribution < 1.29 is 24.5 Å². The first-order valence-electron chi connectivity index (χ1n) is 27.5. The second kappa shape index (κ2) is 51.5. The van der Waals surface area contributed by atoms with Crippen LogP contribution < -0.4 is 5.32 Å². The van der Waals surface area contributed by atoms with E-state index >= 15 is 0 Å². The molecular formula is C58H105NO5. The van der Waals surface area contributed by atoms with Crippen LogP contribution in [0, 0.1) is 0 Å². The van der Waals surface area contributed by atoms with E-state index in [4.69, 9.17) is 4.74 Å². The highest BCUT2D eigenvalue weighted by atomic mass is 16.5. The van der Waals surface area contributed by atoms with Crippen LogP contribution in [0.15, 0.2) is 60.8 Å². The summed E-state index contributed by atoms with van der Waals surface area (Å²) in [6.07, 6.45) is 64.3. The average molecular weight is 896 g/mol. The molecule has 6 nitrogen and oxygen atoms in total.